The van der Waals surface area contributed by atoms with E-state index in [1.807, 2.05) is 32.9 Å². The van der Waals surface area contributed by atoms with Crippen LogP contribution in [0.2, 0.25) is 0 Å². The molecule has 7 nitrogen and oxygen atoms in total. The minimum atomic E-state index is -0.485. The Hall–Kier alpha value is -4.13. The number of aryl methyl sites for hydroxylation is 1. The fourth-order valence-corrected chi connectivity index (χ4v) is 3.02. The van der Waals surface area contributed by atoms with Gasteiger partial charge in [0.15, 0.2) is 0 Å². The molecule has 7 heteroatoms. The Morgan fingerprint density at radius 2 is 1.36 bits per heavy atom. The van der Waals surface area contributed by atoms with Crippen LogP contribution in [-0.4, -0.2) is 24.3 Å². The fraction of sp³-hybridized carbons (Fsp3) is 0.192. The van der Waals surface area contributed by atoms with Gasteiger partial charge in [-0.15, -0.1) is 0 Å². The third kappa shape index (κ3) is 6.43. The van der Waals surface area contributed by atoms with Crippen molar-refractivity contribution in [3.05, 3.63) is 95.1 Å². The summed E-state index contributed by atoms with van der Waals surface area (Å²) in [7, 11) is 0. The number of carbonyl (C=O) groups is 3. The predicted molar refractivity (Wildman–Crippen MR) is 127 cm³/mol. The van der Waals surface area contributed by atoms with Crippen molar-refractivity contribution in [2.45, 2.75) is 20.8 Å². The van der Waals surface area contributed by atoms with E-state index in [0.717, 1.165) is 5.56 Å². The Bertz CT molecular complexity index is 1140. The monoisotopic (exact) mass is 445 g/mol. The van der Waals surface area contributed by atoms with E-state index in [2.05, 4.69) is 16.2 Å². The SMILES string of the molecule is Cc1ccccc1C(=O)Nc1ccc(C(=O)NNC(=O)c2ccccc2OCC(C)C)cc1. The molecule has 0 bridgehead atoms. The molecule has 33 heavy (non-hydrogen) atoms. The number of nitrogens with one attached hydrogen (secondary N) is 3. The first-order chi connectivity index (χ1) is 15.8. The van der Waals surface area contributed by atoms with Crippen LogP contribution in [-0.2, 0) is 0 Å². The Morgan fingerprint density at radius 3 is 2.03 bits per heavy atom. The van der Waals surface area contributed by atoms with Gasteiger partial charge in [-0.05, 0) is 60.9 Å². The number of hydrogen-bond donors (Lipinski definition) is 3. The average Bonchev–Trinajstić information content (AvgIpc) is 2.81. The van der Waals surface area contributed by atoms with Crippen LogP contribution in [0.3, 0.4) is 0 Å². The van der Waals surface area contributed by atoms with Crippen LogP contribution in [0, 0.1) is 12.8 Å². The maximum absolute atomic E-state index is 12.5. The second-order valence-electron chi connectivity index (χ2n) is 7.96. The lowest BCUT2D eigenvalue weighted by atomic mass is 10.1. The van der Waals surface area contributed by atoms with E-state index in [0.29, 0.717) is 40.7 Å². The van der Waals surface area contributed by atoms with E-state index in [9.17, 15) is 14.4 Å². The Balaban J connectivity index is 1.57. The molecule has 3 N–H and O–H groups in total. The molecule has 0 saturated heterocycles. The van der Waals surface area contributed by atoms with E-state index < -0.39 is 11.8 Å². The zero-order valence-corrected chi connectivity index (χ0v) is 18.8. The molecule has 3 rings (SSSR count). The second-order valence-corrected chi connectivity index (χ2v) is 7.96. The van der Waals surface area contributed by atoms with E-state index in [4.69, 9.17) is 4.74 Å². The van der Waals surface area contributed by atoms with Gasteiger partial charge in [0.05, 0.1) is 12.2 Å². The molecule has 0 aromatic heterocycles. The smallest absolute Gasteiger partial charge is 0.273 e. The first-order valence-corrected chi connectivity index (χ1v) is 10.6. The molecule has 170 valence electrons. The van der Waals surface area contributed by atoms with Crippen molar-refractivity contribution in [1.29, 1.82) is 0 Å². The highest BCUT2D eigenvalue weighted by Gasteiger charge is 2.14. The van der Waals surface area contributed by atoms with Gasteiger partial charge in [0.1, 0.15) is 5.75 Å². The topological polar surface area (TPSA) is 96.5 Å². The lowest BCUT2D eigenvalue weighted by Gasteiger charge is -2.13. The highest BCUT2D eigenvalue weighted by atomic mass is 16.5. The summed E-state index contributed by atoms with van der Waals surface area (Å²) in [5, 5.41) is 2.81. The molecule has 0 saturated carbocycles. The molecule has 0 aliphatic rings. The van der Waals surface area contributed by atoms with Gasteiger partial charge in [0.25, 0.3) is 17.7 Å². The number of para-hydroxylation sites is 1. The van der Waals surface area contributed by atoms with E-state index >= 15 is 0 Å². The number of hydrazine groups is 1. The molecule has 3 aromatic carbocycles. The maximum atomic E-state index is 12.5. The average molecular weight is 446 g/mol. The van der Waals surface area contributed by atoms with E-state index in [-0.39, 0.29) is 5.91 Å². The molecule has 0 fully saturated rings. The van der Waals surface area contributed by atoms with Crippen molar-refractivity contribution < 1.29 is 19.1 Å². The molecule has 0 spiro atoms. The minimum absolute atomic E-state index is 0.226. The van der Waals surface area contributed by atoms with E-state index in [1.165, 1.54) is 0 Å². The highest BCUT2D eigenvalue weighted by molar-refractivity contribution is 6.05. The van der Waals surface area contributed by atoms with Gasteiger partial charge < -0.3 is 10.1 Å². The van der Waals surface area contributed by atoms with Crippen LogP contribution in [0.25, 0.3) is 0 Å². The van der Waals surface area contributed by atoms with Gasteiger partial charge in [0.2, 0.25) is 0 Å². The highest BCUT2D eigenvalue weighted by Crippen LogP contribution is 2.18. The third-order valence-corrected chi connectivity index (χ3v) is 4.79. The van der Waals surface area contributed by atoms with Gasteiger partial charge in [-0.25, -0.2) is 0 Å². The molecular formula is C26H27N3O4. The number of anilines is 1. The normalized spacial score (nSPS) is 10.4. The van der Waals surface area contributed by atoms with Crippen LogP contribution in [0.15, 0.2) is 72.8 Å². The van der Waals surface area contributed by atoms with E-state index in [1.54, 1.807) is 60.7 Å². The predicted octanol–water partition coefficient (Wildman–Crippen LogP) is 4.36. The number of amides is 3. The molecule has 3 amide bonds. The number of benzene rings is 3. The quantitative estimate of drug-likeness (QED) is 0.471. The van der Waals surface area contributed by atoms with Crippen LogP contribution >= 0.6 is 0 Å². The van der Waals surface area contributed by atoms with Crippen molar-refractivity contribution in [3.8, 4) is 5.75 Å². The molecule has 3 aromatic rings. The van der Waals surface area contributed by atoms with Crippen LogP contribution in [0.1, 0.15) is 50.5 Å². The summed E-state index contributed by atoms with van der Waals surface area (Å²) >= 11 is 0. The van der Waals surface area contributed by atoms with Crippen molar-refractivity contribution in [2.24, 2.45) is 5.92 Å². The molecule has 0 aliphatic heterocycles. The third-order valence-electron chi connectivity index (χ3n) is 4.79. The summed E-state index contributed by atoms with van der Waals surface area (Å²) in [6.45, 7) is 6.37. The summed E-state index contributed by atoms with van der Waals surface area (Å²) < 4.78 is 5.69. The molecular weight excluding hydrogens is 418 g/mol. The van der Waals surface area contributed by atoms with Crippen LogP contribution < -0.4 is 20.9 Å². The second kappa shape index (κ2) is 10.9. The lowest BCUT2D eigenvalue weighted by Crippen LogP contribution is -2.41. The first-order valence-electron chi connectivity index (χ1n) is 10.6. The molecule has 0 atom stereocenters. The van der Waals surface area contributed by atoms with Gasteiger partial charge in [-0.1, -0.05) is 44.2 Å². The Kier molecular flexibility index (Phi) is 7.81. The fourth-order valence-electron chi connectivity index (χ4n) is 3.02. The van der Waals surface area contributed by atoms with Gasteiger partial charge in [-0.3, -0.25) is 25.2 Å². The summed E-state index contributed by atoms with van der Waals surface area (Å²) in [5.41, 5.74) is 7.48. The number of rotatable bonds is 7. The molecule has 0 heterocycles. The van der Waals surface area contributed by atoms with Crippen molar-refractivity contribution in [1.82, 2.24) is 10.9 Å². The van der Waals surface area contributed by atoms with Crippen molar-refractivity contribution in [2.75, 3.05) is 11.9 Å². The summed E-state index contributed by atoms with van der Waals surface area (Å²) in [6, 6.07) is 20.5. The Morgan fingerprint density at radius 1 is 0.758 bits per heavy atom. The van der Waals surface area contributed by atoms with Gasteiger partial charge in [-0.2, -0.15) is 0 Å². The zero-order chi connectivity index (χ0) is 23.8. The molecule has 0 unspecified atom stereocenters. The Labute approximate surface area is 193 Å². The van der Waals surface area contributed by atoms with Crippen molar-refractivity contribution >= 4 is 23.4 Å². The van der Waals surface area contributed by atoms with Crippen LogP contribution in [0.4, 0.5) is 5.69 Å². The number of ether oxygens (including phenoxy) is 1. The van der Waals surface area contributed by atoms with Gasteiger partial charge >= 0.3 is 0 Å². The zero-order valence-electron chi connectivity index (χ0n) is 18.8. The standard InChI is InChI=1S/C26H27N3O4/c1-17(2)16-33-23-11-7-6-10-22(23)26(32)29-28-24(30)19-12-14-20(15-13-19)27-25(31)21-9-5-4-8-18(21)3/h4-15,17H,16H2,1-3H3,(H,27,31)(H,28,30)(H,29,32). The molecule has 0 aliphatic carbocycles. The van der Waals surface area contributed by atoms with Gasteiger partial charge in [0, 0.05) is 16.8 Å². The first kappa shape index (κ1) is 23.5. The number of hydrogen-bond acceptors (Lipinski definition) is 4. The molecule has 0 radical (unpaired) electrons. The van der Waals surface area contributed by atoms with Crippen molar-refractivity contribution in [3.63, 3.8) is 0 Å². The maximum Gasteiger partial charge on any atom is 0.273 e. The summed E-state index contributed by atoms with van der Waals surface area (Å²) in [4.78, 5) is 37.4. The van der Waals surface area contributed by atoms with Crippen LogP contribution in [0.5, 0.6) is 5.75 Å². The number of carbonyl (C=O) groups excluding carboxylic acids is 3. The summed E-state index contributed by atoms with van der Waals surface area (Å²) in [6.07, 6.45) is 0. The largest absolute Gasteiger partial charge is 0.492 e. The summed E-state index contributed by atoms with van der Waals surface area (Å²) in [5.74, 6) is -0.432. The minimum Gasteiger partial charge on any atom is -0.492 e. The lowest BCUT2D eigenvalue weighted by molar-refractivity contribution is 0.0844.